The molecule has 82 valence electrons. The zero-order valence-corrected chi connectivity index (χ0v) is 9.71. The Morgan fingerprint density at radius 2 is 1.64 bits per heavy atom. The second kappa shape index (κ2) is 4.22. The van der Waals surface area contributed by atoms with Crippen molar-refractivity contribution in [3.63, 3.8) is 0 Å². The summed E-state index contributed by atoms with van der Waals surface area (Å²) in [6.07, 6.45) is 8.32. The van der Waals surface area contributed by atoms with Gasteiger partial charge in [-0.25, -0.2) is 0 Å². The van der Waals surface area contributed by atoms with Crippen molar-refractivity contribution in [2.24, 2.45) is 29.4 Å². The summed E-state index contributed by atoms with van der Waals surface area (Å²) >= 11 is 0. The van der Waals surface area contributed by atoms with Gasteiger partial charge < -0.3 is 5.73 Å². The van der Waals surface area contributed by atoms with Gasteiger partial charge in [0.05, 0.1) is 0 Å². The lowest BCUT2D eigenvalue weighted by molar-refractivity contribution is 0.315. The number of hydrogen-bond acceptors (Lipinski definition) is 1. The predicted molar refractivity (Wildman–Crippen MR) is 61.0 cm³/mol. The summed E-state index contributed by atoms with van der Waals surface area (Å²) in [4.78, 5) is 0. The van der Waals surface area contributed by atoms with E-state index in [-0.39, 0.29) is 0 Å². The molecule has 0 aromatic rings. The van der Waals surface area contributed by atoms with Gasteiger partial charge in [0.15, 0.2) is 0 Å². The van der Waals surface area contributed by atoms with Crippen molar-refractivity contribution in [3.8, 4) is 0 Å². The third kappa shape index (κ3) is 2.13. The zero-order valence-electron chi connectivity index (χ0n) is 9.71. The van der Waals surface area contributed by atoms with Gasteiger partial charge in [-0.2, -0.15) is 0 Å². The molecule has 2 aliphatic carbocycles. The average molecular weight is 195 g/mol. The van der Waals surface area contributed by atoms with E-state index in [1.165, 1.54) is 38.5 Å². The molecule has 0 saturated heterocycles. The molecule has 1 heteroatoms. The van der Waals surface area contributed by atoms with E-state index in [1.807, 2.05) is 0 Å². The minimum Gasteiger partial charge on any atom is -0.327 e. The van der Waals surface area contributed by atoms with E-state index in [4.69, 9.17) is 5.73 Å². The molecule has 0 aromatic carbocycles. The van der Waals surface area contributed by atoms with Crippen LogP contribution in [0.1, 0.15) is 52.4 Å². The molecule has 1 nitrogen and oxygen atoms in total. The quantitative estimate of drug-likeness (QED) is 0.716. The molecule has 0 spiro atoms. The Hall–Kier alpha value is -0.0400. The van der Waals surface area contributed by atoms with Gasteiger partial charge in [-0.15, -0.1) is 0 Å². The lowest BCUT2D eigenvalue weighted by atomic mass is 9.86. The van der Waals surface area contributed by atoms with Gasteiger partial charge in [-0.1, -0.05) is 26.7 Å². The summed E-state index contributed by atoms with van der Waals surface area (Å²) in [5, 5.41) is 0. The monoisotopic (exact) mass is 195 g/mol. The van der Waals surface area contributed by atoms with Crippen molar-refractivity contribution in [1.29, 1.82) is 0 Å². The third-order valence-electron chi connectivity index (χ3n) is 4.65. The molecule has 2 saturated carbocycles. The van der Waals surface area contributed by atoms with Gasteiger partial charge >= 0.3 is 0 Å². The van der Waals surface area contributed by atoms with E-state index in [1.54, 1.807) is 0 Å². The summed E-state index contributed by atoms with van der Waals surface area (Å²) in [6, 6.07) is 0.507. The van der Waals surface area contributed by atoms with Crippen LogP contribution in [-0.4, -0.2) is 6.04 Å². The lowest BCUT2D eigenvalue weighted by Gasteiger charge is -2.24. The topological polar surface area (TPSA) is 26.0 Å². The maximum absolute atomic E-state index is 6.31. The van der Waals surface area contributed by atoms with E-state index in [0.29, 0.717) is 6.04 Å². The first-order valence-corrected chi connectivity index (χ1v) is 6.50. The van der Waals surface area contributed by atoms with Crippen molar-refractivity contribution in [2.75, 3.05) is 0 Å². The summed E-state index contributed by atoms with van der Waals surface area (Å²) in [7, 11) is 0. The zero-order chi connectivity index (χ0) is 10.1. The van der Waals surface area contributed by atoms with E-state index in [2.05, 4.69) is 13.8 Å². The Morgan fingerprint density at radius 3 is 2.14 bits per heavy atom. The molecule has 2 N–H and O–H groups in total. The highest BCUT2D eigenvalue weighted by atomic mass is 14.7. The smallest absolute Gasteiger partial charge is 0.00700 e. The summed E-state index contributed by atoms with van der Waals surface area (Å²) in [5.74, 6) is 3.93. The molecular formula is C13H25N. The van der Waals surface area contributed by atoms with Crippen molar-refractivity contribution >= 4 is 0 Å². The molecule has 0 aliphatic heterocycles. The fraction of sp³-hybridized carbons (Fsp3) is 1.00. The van der Waals surface area contributed by atoms with Crippen molar-refractivity contribution in [3.05, 3.63) is 0 Å². The molecule has 0 aromatic heterocycles. The Balaban J connectivity index is 1.74. The number of rotatable bonds is 5. The third-order valence-corrected chi connectivity index (χ3v) is 4.65. The maximum atomic E-state index is 6.31. The fourth-order valence-electron chi connectivity index (χ4n) is 3.31. The molecule has 2 aliphatic rings. The van der Waals surface area contributed by atoms with Crippen LogP contribution < -0.4 is 5.73 Å². The van der Waals surface area contributed by atoms with Crippen molar-refractivity contribution in [2.45, 2.75) is 58.4 Å². The predicted octanol–water partition coefficient (Wildman–Crippen LogP) is 3.19. The standard InChI is InChI=1S/C13H25N/c1-3-9(4-2)5-13(14)12-7-10-6-11(10)8-12/h9-13H,3-8,14H2,1-2H3. The van der Waals surface area contributed by atoms with Gasteiger partial charge in [0.25, 0.3) is 0 Å². The highest BCUT2D eigenvalue weighted by Gasteiger charge is 2.47. The Bertz CT molecular complexity index is 176. The maximum Gasteiger partial charge on any atom is 0.00700 e. The Morgan fingerprint density at radius 1 is 1.07 bits per heavy atom. The van der Waals surface area contributed by atoms with Gasteiger partial charge in [0, 0.05) is 6.04 Å². The Labute approximate surface area is 88.4 Å². The molecule has 3 unspecified atom stereocenters. The molecule has 14 heavy (non-hydrogen) atoms. The lowest BCUT2D eigenvalue weighted by Crippen LogP contribution is -2.31. The van der Waals surface area contributed by atoms with Crippen LogP contribution in [0.3, 0.4) is 0 Å². The molecule has 2 rings (SSSR count). The molecule has 0 radical (unpaired) electrons. The first-order chi connectivity index (χ1) is 6.74. The van der Waals surface area contributed by atoms with E-state index >= 15 is 0 Å². The number of fused-ring (bicyclic) bond motifs is 1. The second-order valence-corrected chi connectivity index (χ2v) is 5.57. The van der Waals surface area contributed by atoms with Crippen LogP contribution in [0.4, 0.5) is 0 Å². The fourth-order valence-corrected chi connectivity index (χ4v) is 3.31. The highest BCUT2D eigenvalue weighted by Crippen LogP contribution is 2.55. The van der Waals surface area contributed by atoms with Crippen LogP contribution in [0.15, 0.2) is 0 Å². The SMILES string of the molecule is CCC(CC)CC(N)C1CC2CC2C1. The molecule has 0 heterocycles. The van der Waals surface area contributed by atoms with E-state index in [0.717, 1.165) is 23.7 Å². The summed E-state index contributed by atoms with van der Waals surface area (Å²) < 4.78 is 0. The van der Waals surface area contributed by atoms with E-state index in [9.17, 15) is 0 Å². The van der Waals surface area contributed by atoms with Crippen molar-refractivity contribution in [1.82, 2.24) is 0 Å². The number of nitrogens with two attached hydrogens (primary N) is 1. The molecule has 0 amide bonds. The largest absolute Gasteiger partial charge is 0.327 e. The summed E-state index contributed by atoms with van der Waals surface area (Å²) in [6.45, 7) is 4.60. The highest BCUT2D eigenvalue weighted by molar-refractivity contribution is 4.98. The molecule has 0 bridgehead atoms. The van der Waals surface area contributed by atoms with Crippen LogP contribution in [0, 0.1) is 23.7 Å². The van der Waals surface area contributed by atoms with Gasteiger partial charge in [0.2, 0.25) is 0 Å². The van der Waals surface area contributed by atoms with Crippen LogP contribution in [0.5, 0.6) is 0 Å². The van der Waals surface area contributed by atoms with Crippen LogP contribution in [0.25, 0.3) is 0 Å². The van der Waals surface area contributed by atoms with Crippen molar-refractivity contribution < 1.29 is 0 Å². The van der Waals surface area contributed by atoms with Gasteiger partial charge in [-0.05, 0) is 49.4 Å². The Kier molecular flexibility index (Phi) is 3.16. The van der Waals surface area contributed by atoms with Gasteiger partial charge in [-0.3, -0.25) is 0 Å². The molecule has 2 fully saturated rings. The average Bonchev–Trinajstić information content (AvgIpc) is 2.82. The van der Waals surface area contributed by atoms with Crippen LogP contribution in [0.2, 0.25) is 0 Å². The number of hydrogen-bond donors (Lipinski definition) is 1. The van der Waals surface area contributed by atoms with Gasteiger partial charge in [0.1, 0.15) is 0 Å². The van der Waals surface area contributed by atoms with Crippen LogP contribution >= 0.6 is 0 Å². The van der Waals surface area contributed by atoms with E-state index < -0.39 is 0 Å². The first kappa shape index (κ1) is 10.5. The molecular weight excluding hydrogens is 170 g/mol. The minimum atomic E-state index is 0.507. The normalized spacial score (nSPS) is 37.3. The first-order valence-electron chi connectivity index (χ1n) is 6.50. The van der Waals surface area contributed by atoms with Crippen LogP contribution in [-0.2, 0) is 0 Å². The summed E-state index contributed by atoms with van der Waals surface area (Å²) in [5.41, 5.74) is 6.31. The minimum absolute atomic E-state index is 0.507. The second-order valence-electron chi connectivity index (χ2n) is 5.57. The molecule has 3 atom stereocenters.